The first-order valence-electron chi connectivity index (χ1n) is 9.11. The molecule has 2 heterocycles. The van der Waals surface area contributed by atoms with E-state index in [4.69, 9.17) is 0 Å². The molecule has 0 saturated heterocycles. The number of carbonyl (C=O) groups is 1. The van der Waals surface area contributed by atoms with Crippen LogP contribution < -0.4 is 5.32 Å². The van der Waals surface area contributed by atoms with Crippen LogP contribution in [0.25, 0.3) is 16.8 Å². The molecule has 3 aromatic rings. The first-order valence-corrected chi connectivity index (χ1v) is 9.11. The summed E-state index contributed by atoms with van der Waals surface area (Å²) in [4.78, 5) is 17.1. The third-order valence-corrected chi connectivity index (χ3v) is 4.94. The largest absolute Gasteiger partial charge is 0.346 e. The van der Waals surface area contributed by atoms with Gasteiger partial charge in [0.15, 0.2) is 5.65 Å². The van der Waals surface area contributed by atoms with Gasteiger partial charge in [-0.15, -0.1) is 0 Å². The quantitative estimate of drug-likeness (QED) is 0.726. The number of benzene rings is 1. The number of hydrogen-bond acceptors (Lipinski definition) is 3. The van der Waals surface area contributed by atoms with E-state index in [-0.39, 0.29) is 11.9 Å². The molecule has 1 aliphatic rings. The lowest BCUT2D eigenvalue weighted by Gasteiger charge is -2.21. The van der Waals surface area contributed by atoms with Crippen LogP contribution >= 0.6 is 0 Å². The molecule has 0 spiro atoms. The topological polar surface area (TPSA) is 59.3 Å². The number of aromatic nitrogens is 3. The molecule has 5 nitrogen and oxygen atoms in total. The van der Waals surface area contributed by atoms with Gasteiger partial charge in [-0.3, -0.25) is 4.79 Å². The number of allylic oxidation sites excluding steroid dienone is 1. The molecule has 1 aromatic carbocycles. The van der Waals surface area contributed by atoms with Gasteiger partial charge in [0.2, 0.25) is 0 Å². The Hall–Kier alpha value is -2.95. The van der Waals surface area contributed by atoms with E-state index < -0.39 is 0 Å². The fourth-order valence-corrected chi connectivity index (χ4v) is 3.49. The van der Waals surface area contributed by atoms with Crippen LogP contribution in [-0.4, -0.2) is 26.5 Å². The summed E-state index contributed by atoms with van der Waals surface area (Å²) >= 11 is 0. The van der Waals surface area contributed by atoms with Crippen LogP contribution in [0.1, 0.15) is 43.0 Å². The van der Waals surface area contributed by atoms with Gasteiger partial charge in [0, 0.05) is 29.6 Å². The van der Waals surface area contributed by atoms with Crippen molar-refractivity contribution in [3.63, 3.8) is 0 Å². The molecule has 0 aliphatic heterocycles. The summed E-state index contributed by atoms with van der Waals surface area (Å²) in [5.74, 6) is -0.0461. The maximum atomic E-state index is 12.7. The van der Waals surface area contributed by atoms with Crippen molar-refractivity contribution in [1.82, 2.24) is 19.9 Å². The maximum Gasteiger partial charge on any atom is 0.251 e. The number of carbonyl (C=O) groups excluding carboxylic acids is 1. The smallest absolute Gasteiger partial charge is 0.251 e. The van der Waals surface area contributed by atoms with Gasteiger partial charge in [0.25, 0.3) is 5.91 Å². The van der Waals surface area contributed by atoms with Crippen LogP contribution in [0.3, 0.4) is 0 Å². The molecule has 0 fully saturated rings. The molecular weight excluding hydrogens is 324 g/mol. The lowest BCUT2D eigenvalue weighted by molar-refractivity contribution is 0.0944. The van der Waals surface area contributed by atoms with E-state index >= 15 is 0 Å². The second-order valence-corrected chi connectivity index (χ2v) is 6.75. The summed E-state index contributed by atoms with van der Waals surface area (Å²) in [7, 11) is 0. The molecule has 132 valence electrons. The molecule has 0 saturated carbocycles. The predicted molar refractivity (Wildman–Crippen MR) is 102 cm³/mol. The highest BCUT2D eigenvalue weighted by Crippen LogP contribution is 2.24. The molecule has 5 heteroatoms. The predicted octanol–water partition coefficient (Wildman–Crippen LogP) is 4.02. The summed E-state index contributed by atoms with van der Waals surface area (Å²) in [5, 5.41) is 7.46. The van der Waals surface area contributed by atoms with E-state index in [2.05, 4.69) is 28.4 Å². The Kier molecular flexibility index (Phi) is 4.52. The minimum atomic E-state index is -0.0461. The summed E-state index contributed by atoms with van der Waals surface area (Å²) in [6.45, 7) is 2.06. The average Bonchev–Trinajstić information content (AvgIpc) is 3.13. The zero-order chi connectivity index (χ0) is 17.9. The van der Waals surface area contributed by atoms with Crippen LogP contribution in [0.5, 0.6) is 0 Å². The van der Waals surface area contributed by atoms with Crippen molar-refractivity contribution >= 4 is 11.6 Å². The van der Waals surface area contributed by atoms with Gasteiger partial charge in [-0.2, -0.15) is 5.10 Å². The molecular formula is C21H22N4O. The Balaban J connectivity index is 1.57. The van der Waals surface area contributed by atoms with Crippen molar-refractivity contribution in [3.8, 4) is 11.1 Å². The van der Waals surface area contributed by atoms with E-state index in [9.17, 15) is 4.79 Å². The number of hydrogen-bond donors (Lipinski definition) is 1. The molecule has 1 N–H and O–H groups in total. The summed E-state index contributed by atoms with van der Waals surface area (Å²) in [6.07, 6.45) is 12.3. The third-order valence-electron chi connectivity index (χ3n) is 4.94. The van der Waals surface area contributed by atoms with Gasteiger partial charge in [-0.05, 0) is 56.4 Å². The van der Waals surface area contributed by atoms with Crippen molar-refractivity contribution in [1.29, 1.82) is 0 Å². The molecule has 1 atom stereocenters. The van der Waals surface area contributed by atoms with Gasteiger partial charge < -0.3 is 5.32 Å². The highest BCUT2D eigenvalue weighted by Gasteiger charge is 2.16. The fourth-order valence-electron chi connectivity index (χ4n) is 3.49. The van der Waals surface area contributed by atoms with E-state index in [0.717, 1.165) is 29.6 Å². The molecule has 0 bridgehead atoms. The summed E-state index contributed by atoms with van der Waals surface area (Å²) < 4.78 is 1.74. The molecule has 1 amide bonds. The van der Waals surface area contributed by atoms with Gasteiger partial charge in [-0.25, -0.2) is 9.50 Å². The van der Waals surface area contributed by atoms with Crippen molar-refractivity contribution in [3.05, 3.63) is 66.1 Å². The van der Waals surface area contributed by atoms with Crippen LogP contribution in [0.15, 0.2) is 60.6 Å². The molecule has 26 heavy (non-hydrogen) atoms. The Morgan fingerprint density at radius 1 is 1.27 bits per heavy atom. The van der Waals surface area contributed by atoms with Crippen LogP contribution in [0.4, 0.5) is 0 Å². The zero-order valence-electron chi connectivity index (χ0n) is 14.9. The molecule has 1 aliphatic carbocycles. The van der Waals surface area contributed by atoms with E-state index in [1.807, 2.05) is 36.5 Å². The Morgan fingerprint density at radius 2 is 2.19 bits per heavy atom. The highest BCUT2D eigenvalue weighted by molar-refractivity contribution is 5.96. The van der Waals surface area contributed by atoms with Crippen LogP contribution in [0, 0.1) is 0 Å². The lowest BCUT2D eigenvalue weighted by atomic mass is 9.94. The molecule has 2 aromatic heterocycles. The summed E-state index contributed by atoms with van der Waals surface area (Å²) in [5.41, 5.74) is 4.64. The standard InChI is InChI=1S/C21H22N4O/c1-15(16-7-3-2-4-8-16)24-21(26)18-10-5-9-17(13-18)19-14-23-25-12-6-11-22-20(19)25/h5-7,9-15H,2-4,8H2,1H3,(H,24,26)/t15-/m0/s1. The van der Waals surface area contributed by atoms with Crippen molar-refractivity contribution in [2.75, 3.05) is 0 Å². The Bertz CT molecular complexity index is 973. The lowest BCUT2D eigenvalue weighted by Crippen LogP contribution is -2.34. The first-order chi connectivity index (χ1) is 12.7. The van der Waals surface area contributed by atoms with Crippen molar-refractivity contribution < 1.29 is 4.79 Å². The first kappa shape index (κ1) is 16.5. The maximum absolute atomic E-state index is 12.7. The summed E-state index contributed by atoms with van der Waals surface area (Å²) in [6, 6.07) is 9.56. The van der Waals surface area contributed by atoms with Crippen LogP contribution in [-0.2, 0) is 0 Å². The highest BCUT2D eigenvalue weighted by atomic mass is 16.1. The van der Waals surface area contributed by atoms with Gasteiger partial charge >= 0.3 is 0 Å². The monoisotopic (exact) mass is 346 g/mol. The number of nitrogens with one attached hydrogen (secondary N) is 1. The van der Waals surface area contributed by atoms with Gasteiger partial charge in [0.05, 0.1) is 6.20 Å². The second-order valence-electron chi connectivity index (χ2n) is 6.75. The minimum absolute atomic E-state index is 0.0461. The van der Waals surface area contributed by atoms with Gasteiger partial charge in [0.1, 0.15) is 0 Å². The number of amides is 1. The Morgan fingerprint density at radius 3 is 3.04 bits per heavy atom. The Labute approximate surface area is 152 Å². The van der Waals surface area contributed by atoms with Gasteiger partial charge in [-0.1, -0.05) is 23.8 Å². The van der Waals surface area contributed by atoms with Crippen LogP contribution in [0.2, 0.25) is 0 Å². The number of rotatable bonds is 4. The molecule has 0 radical (unpaired) electrons. The van der Waals surface area contributed by atoms with E-state index in [1.54, 1.807) is 16.9 Å². The van der Waals surface area contributed by atoms with E-state index in [0.29, 0.717) is 5.56 Å². The number of fused-ring (bicyclic) bond motifs is 1. The molecule has 0 unspecified atom stereocenters. The molecule has 4 rings (SSSR count). The zero-order valence-corrected chi connectivity index (χ0v) is 14.9. The number of nitrogens with zero attached hydrogens (tertiary/aromatic N) is 3. The van der Waals surface area contributed by atoms with E-state index in [1.165, 1.54) is 18.4 Å². The fraction of sp³-hybridized carbons (Fsp3) is 0.286. The normalized spacial score (nSPS) is 15.5. The third kappa shape index (κ3) is 3.25. The second kappa shape index (κ2) is 7.12. The van der Waals surface area contributed by atoms with Crippen molar-refractivity contribution in [2.24, 2.45) is 0 Å². The van der Waals surface area contributed by atoms with Crippen molar-refractivity contribution in [2.45, 2.75) is 38.6 Å². The average molecular weight is 346 g/mol. The minimum Gasteiger partial charge on any atom is -0.346 e. The SMILES string of the molecule is C[C@H](NC(=O)c1cccc(-c2cnn3cccnc23)c1)C1=CCCCC1.